The van der Waals surface area contributed by atoms with Crippen molar-refractivity contribution in [2.24, 2.45) is 20.5 Å². The fraction of sp³-hybridized carbons (Fsp3) is 0.471. The molecule has 3 aromatic rings. The summed E-state index contributed by atoms with van der Waals surface area (Å²) in [5.41, 5.74) is 6.86. The lowest BCUT2D eigenvalue weighted by Gasteiger charge is -2.37. The number of anilines is 3. The van der Waals surface area contributed by atoms with Crippen molar-refractivity contribution >= 4 is 55.7 Å². The van der Waals surface area contributed by atoms with Crippen LogP contribution in [-0.2, 0) is 0 Å². The van der Waals surface area contributed by atoms with E-state index in [2.05, 4.69) is 36.7 Å². The summed E-state index contributed by atoms with van der Waals surface area (Å²) in [5.74, 6) is 0.809. The second-order valence-electron chi connectivity index (χ2n) is 11.7. The Kier molecular flexibility index (Phi) is 9.87. The summed E-state index contributed by atoms with van der Waals surface area (Å²) in [4.78, 5) is 7.57. The van der Waals surface area contributed by atoms with Crippen molar-refractivity contribution in [1.82, 2.24) is 0 Å². The second-order valence-corrected chi connectivity index (χ2v) is 12.6. The topological polar surface area (TPSA) is 68.4 Å². The van der Waals surface area contributed by atoms with Crippen LogP contribution in [0.25, 0.3) is 0 Å². The third-order valence-electron chi connectivity index (χ3n) is 8.70. The number of azo groups is 2. The molecule has 0 spiro atoms. The summed E-state index contributed by atoms with van der Waals surface area (Å²) >= 11 is 3.55. The maximum absolute atomic E-state index is 5.37. The largest absolute Gasteiger partial charge is 0.497 e. The normalized spacial score (nSPS) is 18.1. The second kappa shape index (κ2) is 14.3. The third-order valence-corrected chi connectivity index (χ3v) is 9.23. The maximum atomic E-state index is 5.37. The van der Waals surface area contributed by atoms with Crippen molar-refractivity contribution in [2.45, 2.75) is 57.8 Å². The van der Waals surface area contributed by atoms with Crippen molar-refractivity contribution in [3.05, 3.63) is 59.1 Å². The van der Waals surface area contributed by atoms with Gasteiger partial charge in [-0.25, -0.2) is 0 Å². The van der Waals surface area contributed by atoms with Crippen molar-refractivity contribution in [3.63, 3.8) is 0 Å². The van der Waals surface area contributed by atoms with Crippen LogP contribution >= 0.6 is 15.9 Å². The van der Waals surface area contributed by atoms with E-state index < -0.39 is 0 Å². The van der Waals surface area contributed by atoms with E-state index in [0.29, 0.717) is 0 Å². The Morgan fingerprint density at radius 1 is 0.535 bits per heavy atom. The predicted octanol–water partition coefficient (Wildman–Crippen LogP) is 10.3. The van der Waals surface area contributed by atoms with Gasteiger partial charge in [0.1, 0.15) is 17.1 Å². The van der Waals surface area contributed by atoms with Crippen LogP contribution < -0.4 is 19.4 Å². The molecule has 0 atom stereocenters. The van der Waals surface area contributed by atoms with E-state index in [-0.39, 0.29) is 0 Å². The lowest BCUT2D eigenvalue weighted by Crippen LogP contribution is -2.34. The number of halogens is 1. The molecule has 0 aliphatic carbocycles. The van der Waals surface area contributed by atoms with Gasteiger partial charge in [0.25, 0.3) is 0 Å². The van der Waals surface area contributed by atoms with Crippen molar-refractivity contribution in [3.8, 4) is 5.75 Å². The number of nitrogens with zero attached hydrogens (tertiary/aromatic N) is 7. The smallest absolute Gasteiger partial charge is 0.135 e. The van der Waals surface area contributed by atoms with E-state index in [9.17, 15) is 0 Å². The van der Waals surface area contributed by atoms with E-state index in [4.69, 9.17) is 25.2 Å². The van der Waals surface area contributed by atoms with Gasteiger partial charge in [-0.2, -0.15) is 10.2 Å². The molecule has 8 nitrogen and oxygen atoms in total. The summed E-state index contributed by atoms with van der Waals surface area (Å²) in [6.45, 7) is 6.09. The molecule has 3 saturated heterocycles. The van der Waals surface area contributed by atoms with Gasteiger partial charge in [-0.05, 0) is 112 Å². The third kappa shape index (κ3) is 7.20. The van der Waals surface area contributed by atoms with Crippen LogP contribution in [0.4, 0.5) is 39.8 Å². The number of rotatable bonds is 8. The van der Waals surface area contributed by atoms with E-state index in [1.807, 2.05) is 48.5 Å². The fourth-order valence-electron chi connectivity index (χ4n) is 6.36. The van der Waals surface area contributed by atoms with Gasteiger partial charge in [0.2, 0.25) is 0 Å². The zero-order valence-electron chi connectivity index (χ0n) is 25.2. The molecule has 0 bridgehead atoms. The average Bonchev–Trinajstić information content (AvgIpc) is 3.08. The van der Waals surface area contributed by atoms with Crippen LogP contribution in [0.15, 0.2) is 79.5 Å². The highest BCUT2D eigenvalue weighted by molar-refractivity contribution is 9.10. The highest BCUT2D eigenvalue weighted by atomic mass is 79.9. The first kappa shape index (κ1) is 29.6. The maximum Gasteiger partial charge on any atom is 0.135 e. The summed E-state index contributed by atoms with van der Waals surface area (Å²) in [5, 5.41) is 19.7. The quantitative estimate of drug-likeness (QED) is 0.229. The first-order valence-corrected chi connectivity index (χ1v) is 16.7. The number of hydrogen-bond acceptors (Lipinski definition) is 8. The molecular weight excluding hydrogens is 602 g/mol. The molecule has 0 unspecified atom stereocenters. The molecule has 0 amide bonds. The van der Waals surface area contributed by atoms with Crippen LogP contribution in [0, 0.1) is 0 Å². The molecule has 3 heterocycles. The van der Waals surface area contributed by atoms with Crippen LogP contribution in [0.1, 0.15) is 57.8 Å². The molecule has 3 aliphatic rings. The van der Waals surface area contributed by atoms with Crippen LogP contribution in [-0.4, -0.2) is 46.4 Å². The minimum Gasteiger partial charge on any atom is -0.497 e. The number of benzene rings is 3. The first-order valence-electron chi connectivity index (χ1n) is 15.9. The van der Waals surface area contributed by atoms with E-state index >= 15 is 0 Å². The molecule has 0 radical (unpaired) electrons. The molecule has 43 heavy (non-hydrogen) atoms. The summed E-state index contributed by atoms with van der Waals surface area (Å²) < 4.78 is 6.40. The number of ether oxygens (including phenoxy) is 1. The molecule has 3 fully saturated rings. The number of methoxy groups -OCH3 is 1. The summed E-state index contributed by atoms with van der Waals surface area (Å²) in [6, 6.07) is 18.2. The first-order chi connectivity index (χ1) is 21.2. The zero-order chi connectivity index (χ0) is 29.4. The standard InChI is InChI=1S/C34H42BrN7O/c1-43-29-17-15-28(16-18-29)37-39-33-31(41-21-7-3-8-22-41)25-30(40-19-5-2-6-20-40)32(34(33)42-23-9-4-10-24-42)38-36-27-13-11-26(35)12-14-27/h11-18,25H,2-10,19-24H2,1H3. The minimum absolute atomic E-state index is 0.799. The molecule has 6 rings (SSSR count). The molecule has 0 saturated carbocycles. The van der Waals surface area contributed by atoms with Crippen LogP contribution in [0.3, 0.4) is 0 Å². The fourth-order valence-corrected chi connectivity index (χ4v) is 6.62. The number of piperidine rings is 3. The van der Waals surface area contributed by atoms with Crippen molar-refractivity contribution in [1.29, 1.82) is 0 Å². The molecule has 9 heteroatoms. The van der Waals surface area contributed by atoms with Gasteiger partial charge < -0.3 is 19.4 Å². The number of hydrogen-bond donors (Lipinski definition) is 0. The van der Waals surface area contributed by atoms with Crippen LogP contribution in [0.5, 0.6) is 5.75 Å². The van der Waals surface area contributed by atoms with E-state index in [1.165, 1.54) is 56.3 Å². The molecule has 0 aromatic heterocycles. The van der Waals surface area contributed by atoms with Crippen molar-refractivity contribution < 1.29 is 4.74 Å². The van der Waals surface area contributed by atoms with Gasteiger partial charge in [-0.1, -0.05) is 15.9 Å². The van der Waals surface area contributed by atoms with Gasteiger partial charge in [0, 0.05) is 43.7 Å². The summed E-state index contributed by atoms with van der Waals surface area (Å²) in [7, 11) is 1.68. The zero-order valence-corrected chi connectivity index (χ0v) is 26.8. The Balaban J connectivity index is 1.55. The van der Waals surface area contributed by atoms with E-state index in [1.54, 1.807) is 7.11 Å². The molecule has 3 aromatic carbocycles. The highest BCUT2D eigenvalue weighted by Gasteiger charge is 2.30. The Labute approximate surface area is 264 Å². The Hall–Kier alpha value is -3.46. The molecule has 0 N–H and O–H groups in total. The van der Waals surface area contributed by atoms with Gasteiger partial charge in [-0.15, -0.1) is 10.2 Å². The van der Waals surface area contributed by atoms with E-state index in [0.717, 1.165) is 90.8 Å². The molecule has 3 aliphatic heterocycles. The lowest BCUT2D eigenvalue weighted by atomic mass is 10.0. The average molecular weight is 645 g/mol. The predicted molar refractivity (Wildman–Crippen MR) is 180 cm³/mol. The monoisotopic (exact) mass is 643 g/mol. The van der Waals surface area contributed by atoms with Crippen molar-refractivity contribution in [2.75, 3.05) is 61.1 Å². The Bertz CT molecular complexity index is 1410. The van der Waals surface area contributed by atoms with Gasteiger partial charge >= 0.3 is 0 Å². The van der Waals surface area contributed by atoms with Gasteiger partial charge in [0.15, 0.2) is 0 Å². The molecular formula is C34H42BrN7O. The van der Waals surface area contributed by atoms with Crippen LogP contribution in [0.2, 0.25) is 0 Å². The molecule has 226 valence electrons. The van der Waals surface area contributed by atoms with Gasteiger partial charge in [-0.3, -0.25) is 0 Å². The Morgan fingerprint density at radius 3 is 1.40 bits per heavy atom. The highest BCUT2D eigenvalue weighted by Crippen LogP contribution is 2.53. The minimum atomic E-state index is 0.799. The van der Waals surface area contributed by atoms with Gasteiger partial charge in [0.05, 0.1) is 35.5 Å². The SMILES string of the molecule is COc1ccc(N=Nc2c(N3CCCCC3)cc(N3CCCCC3)c(N=Nc3ccc(Br)cc3)c2N2CCCCC2)cc1. The lowest BCUT2D eigenvalue weighted by molar-refractivity contribution is 0.415. The Morgan fingerprint density at radius 2 is 0.953 bits per heavy atom. The summed E-state index contributed by atoms with van der Waals surface area (Å²) in [6.07, 6.45) is 10.9.